The van der Waals surface area contributed by atoms with Gasteiger partial charge in [0.25, 0.3) is 0 Å². The van der Waals surface area contributed by atoms with Gasteiger partial charge in [-0.3, -0.25) is 0 Å². The highest BCUT2D eigenvalue weighted by atomic mass is 35.5. The third-order valence-electron chi connectivity index (χ3n) is 1.38. The fourth-order valence-corrected chi connectivity index (χ4v) is 0.884. The van der Waals surface area contributed by atoms with E-state index in [1.165, 1.54) is 0 Å². The van der Waals surface area contributed by atoms with Gasteiger partial charge in [-0.15, -0.1) is 12.4 Å². The molecule has 0 aliphatic carbocycles. The molecule has 4 heteroatoms. The molecular weight excluding hydrogens is 195 g/mol. The van der Waals surface area contributed by atoms with Crippen LogP contribution in [0.3, 0.4) is 0 Å². The summed E-state index contributed by atoms with van der Waals surface area (Å²) in [5, 5.41) is 0. The highest BCUT2D eigenvalue weighted by molar-refractivity contribution is 7.09. The average molecular weight is 207 g/mol. The quantitative estimate of drug-likeness (QED) is 0.559. The van der Waals surface area contributed by atoms with E-state index in [-0.39, 0.29) is 19.2 Å². The Hall–Kier alpha value is -0.300. The van der Waals surface area contributed by atoms with Crippen LogP contribution in [0, 0.1) is 6.92 Å². The summed E-state index contributed by atoms with van der Waals surface area (Å²) >= 11 is 0. The standard InChI is InChI=1S/C8H11O2P.ClH/c1-7-4-2-3-5-8(7)9-6-10-11;/h2-5H,6,11H2,1H3;1H. The van der Waals surface area contributed by atoms with Crippen LogP contribution in [0.2, 0.25) is 0 Å². The summed E-state index contributed by atoms with van der Waals surface area (Å²) in [7, 11) is 2.14. The minimum absolute atomic E-state index is 0. The number of benzene rings is 1. The van der Waals surface area contributed by atoms with Crippen molar-refractivity contribution in [1.82, 2.24) is 0 Å². The first-order valence-electron chi connectivity index (χ1n) is 3.34. The number of aryl methyl sites for hydroxylation is 1. The van der Waals surface area contributed by atoms with Crippen LogP contribution < -0.4 is 4.74 Å². The monoisotopic (exact) mass is 206 g/mol. The molecule has 0 saturated carbocycles. The lowest BCUT2D eigenvalue weighted by atomic mass is 10.2. The van der Waals surface area contributed by atoms with Crippen LogP contribution >= 0.6 is 21.9 Å². The molecular formula is C8H12ClO2P. The Balaban J connectivity index is 0.00000121. The second-order valence-electron chi connectivity index (χ2n) is 2.19. The van der Waals surface area contributed by atoms with Crippen molar-refractivity contribution in [2.24, 2.45) is 0 Å². The van der Waals surface area contributed by atoms with Gasteiger partial charge in [-0.05, 0) is 18.6 Å². The lowest BCUT2D eigenvalue weighted by Crippen LogP contribution is -1.96. The van der Waals surface area contributed by atoms with Crippen LogP contribution in [-0.4, -0.2) is 6.79 Å². The zero-order chi connectivity index (χ0) is 8.10. The van der Waals surface area contributed by atoms with E-state index in [1.807, 2.05) is 31.2 Å². The molecule has 1 rings (SSSR count). The Bertz CT molecular complexity index is 230. The minimum atomic E-state index is 0. The molecule has 0 saturated heterocycles. The maximum Gasteiger partial charge on any atom is 0.191 e. The Kier molecular flexibility index (Phi) is 6.09. The van der Waals surface area contributed by atoms with E-state index in [1.54, 1.807) is 0 Å². The van der Waals surface area contributed by atoms with Crippen molar-refractivity contribution in [3.63, 3.8) is 0 Å². The topological polar surface area (TPSA) is 18.5 Å². The summed E-state index contributed by atoms with van der Waals surface area (Å²) in [6.45, 7) is 2.27. The van der Waals surface area contributed by atoms with Crippen LogP contribution in [-0.2, 0) is 4.52 Å². The second-order valence-corrected chi connectivity index (χ2v) is 2.53. The molecule has 1 unspecified atom stereocenters. The van der Waals surface area contributed by atoms with E-state index in [9.17, 15) is 0 Å². The van der Waals surface area contributed by atoms with Crippen molar-refractivity contribution >= 4 is 21.9 Å². The number of halogens is 1. The van der Waals surface area contributed by atoms with Gasteiger partial charge in [0.2, 0.25) is 0 Å². The van der Waals surface area contributed by atoms with Gasteiger partial charge in [-0.25, -0.2) is 0 Å². The molecule has 2 nitrogen and oxygen atoms in total. The summed E-state index contributed by atoms with van der Waals surface area (Å²) in [5.41, 5.74) is 1.12. The number of ether oxygens (including phenoxy) is 1. The van der Waals surface area contributed by atoms with Crippen molar-refractivity contribution in [3.8, 4) is 5.75 Å². The van der Waals surface area contributed by atoms with Gasteiger partial charge in [0.05, 0.1) is 0 Å². The van der Waals surface area contributed by atoms with Gasteiger partial charge in [0, 0.05) is 9.47 Å². The van der Waals surface area contributed by atoms with E-state index in [0.717, 1.165) is 11.3 Å². The fraction of sp³-hybridized carbons (Fsp3) is 0.250. The van der Waals surface area contributed by atoms with Crippen LogP contribution in [0.1, 0.15) is 5.56 Å². The second kappa shape index (κ2) is 6.24. The van der Waals surface area contributed by atoms with Gasteiger partial charge >= 0.3 is 0 Å². The third kappa shape index (κ3) is 3.40. The largest absolute Gasteiger partial charge is 0.467 e. The van der Waals surface area contributed by atoms with Crippen molar-refractivity contribution < 1.29 is 9.26 Å². The van der Waals surface area contributed by atoms with E-state index in [4.69, 9.17) is 9.26 Å². The Morgan fingerprint density at radius 2 is 2.00 bits per heavy atom. The Morgan fingerprint density at radius 3 is 2.58 bits per heavy atom. The van der Waals surface area contributed by atoms with E-state index < -0.39 is 0 Å². The normalized spacial score (nSPS) is 8.83. The van der Waals surface area contributed by atoms with Crippen LogP contribution in [0.4, 0.5) is 0 Å². The third-order valence-corrected chi connectivity index (χ3v) is 1.51. The number of para-hydroxylation sites is 1. The lowest BCUT2D eigenvalue weighted by Gasteiger charge is -2.05. The lowest BCUT2D eigenvalue weighted by molar-refractivity contribution is 0.140. The molecule has 0 radical (unpaired) electrons. The van der Waals surface area contributed by atoms with Gasteiger partial charge in [-0.1, -0.05) is 18.2 Å². The zero-order valence-corrected chi connectivity index (χ0v) is 8.79. The zero-order valence-electron chi connectivity index (χ0n) is 6.82. The molecule has 0 spiro atoms. The predicted octanol–water partition coefficient (Wildman–Crippen LogP) is 2.56. The Labute approximate surface area is 81.0 Å². The molecule has 0 heterocycles. The molecule has 0 fully saturated rings. The van der Waals surface area contributed by atoms with E-state index in [0.29, 0.717) is 0 Å². The molecule has 12 heavy (non-hydrogen) atoms. The first-order valence-corrected chi connectivity index (χ1v) is 3.82. The predicted molar refractivity (Wildman–Crippen MR) is 54.7 cm³/mol. The van der Waals surface area contributed by atoms with Gasteiger partial charge in [0.1, 0.15) is 5.75 Å². The summed E-state index contributed by atoms with van der Waals surface area (Å²) in [4.78, 5) is 0. The molecule has 68 valence electrons. The maximum atomic E-state index is 5.24. The minimum Gasteiger partial charge on any atom is -0.467 e. The van der Waals surface area contributed by atoms with Crippen LogP contribution in [0.25, 0.3) is 0 Å². The van der Waals surface area contributed by atoms with Crippen molar-refractivity contribution in [2.75, 3.05) is 6.79 Å². The van der Waals surface area contributed by atoms with Crippen molar-refractivity contribution in [2.45, 2.75) is 6.92 Å². The summed E-state index contributed by atoms with van der Waals surface area (Å²) in [6, 6.07) is 7.83. The summed E-state index contributed by atoms with van der Waals surface area (Å²) in [5.74, 6) is 0.870. The average Bonchev–Trinajstić information content (AvgIpc) is 2.03. The van der Waals surface area contributed by atoms with Crippen LogP contribution in [0.15, 0.2) is 24.3 Å². The highest BCUT2D eigenvalue weighted by Crippen LogP contribution is 2.15. The molecule has 0 amide bonds. The molecule has 0 N–H and O–H groups in total. The summed E-state index contributed by atoms with van der Waals surface area (Å²) in [6.07, 6.45) is 0. The smallest absolute Gasteiger partial charge is 0.191 e. The molecule has 0 aliphatic heterocycles. The van der Waals surface area contributed by atoms with Crippen LogP contribution in [0.5, 0.6) is 5.75 Å². The fourth-order valence-electron chi connectivity index (χ4n) is 0.816. The maximum absolute atomic E-state index is 5.24. The molecule has 0 bridgehead atoms. The van der Waals surface area contributed by atoms with Gasteiger partial charge in [0.15, 0.2) is 6.79 Å². The molecule has 0 aliphatic rings. The number of hydrogen-bond acceptors (Lipinski definition) is 2. The SMILES string of the molecule is Cc1ccccc1OCOP.Cl. The van der Waals surface area contributed by atoms with Crippen molar-refractivity contribution in [3.05, 3.63) is 29.8 Å². The van der Waals surface area contributed by atoms with E-state index in [2.05, 4.69) is 9.47 Å². The highest BCUT2D eigenvalue weighted by Gasteiger charge is 1.94. The summed E-state index contributed by atoms with van der Waals surface area (Å²) < 4.78 is 9.94. The van der Waals surface area contributed by atoms with E-state index >= 15 is 0 Å². The van der Waals surface area contributed by atoms with Crippen molar-refractivity contribution in [1.29, 1.82) is 0 Å². The van der Waals surface area contributed by atoms with Gasteiger partial charge in [-0.2, -0.15) is 0 Å². The Morgan fingerprint density at radius 1 is 1.33 bits per heavy atom. The number of hydrogen-bond donors (Lipinski definition) is 0. The molecule has 1 atom stereocenters. The first-order chi connectivity index (χ1) is 5.34. The van der Waals surface area contributed by atoms with Gasteiger partial charge < -0.3 is 9.26 Å². The first kappa shape index (κ1) is 11.7. The molecule has 0 aromatic heterocycles. The molecule has 1 aromatic rings. The molecule has 1 aromatic carbocycles. The number of rotatable bonds is 3.